The van der Waals surface area contributed by atoms with Crippen LogP contribution in [0.4, 0.5) is 0 Å². The molecule has 0 heterocycles. The van der Waals surface area contributed by atoms with Crippen molar-refractivity contribution in [1.82, 2.24) is 0 Å². The van der Waals surface area contributed by atoms with E-state index in [0.29, 0.717) is 0 Å². The van der Waals surface area contributed by atoms with Gasteiger partial charge in [0.05, 0.1) is 4.90 Å². The maximum atomic E-state index is 12.4. The molecular weight excluding hydrogens is 296 g/mol. The summed E-state index contributed by atoms with van der Waals surface area (Å²) in [5.41, 5.74) is -1.61. The molecule has 1 rings (SSSR count). The Morgan fingerprint density at radius 1 is 1.20 bits per heavy atom. The number of benzene rings is 1. The Balaban J connectivity index is 3.11. The van der Waals surface area contributed by atoms with Gasteiger partial charge in [-0.3, -0.25) is 0 Å². The molecule has 0 bridgehead atoms. The number of sulfone groups is 1. The summed E-state index contributed by atoms with van der Waals surface area (Å²) >= 11 is 0. The number of carbonyl (C=O) groups excluding carboxylic acids is 1. The van der Waals surface area contributed by atoms with Crippen LogP contribution in [0.5, 0.6) is 0 Å². The van der Waals surface area contributed by atoms with Crippen molar-refractivity contribution in [2.75, 3.05) is 6.61 Å². The zero-order chi connectivity index (χ0) is 15.4. The van der Waals surface area contributed by atoms with Crippen LogP contribution >= 0.6 is 0 Å². The van der Waals surface area contributed by atoms with Gasteiger partial charge in [0, 0.05) is 6.61 Å². The first kappa shape index (κ1) is 16.9. The van der Waals surface area contributed by atoms with E-state index in [0.717, 1.165) is 0 Å². The minimum absolute atomic E-state index is 0.0472. The molecule has 0 spiro atoms. The predicted molar refractivity (Wildman–Crippen MR) is 78.5 cm³/mol. The zero-order valence-electron chi connectivity index (χ0n) is 12.1. The standard InChI is InChI=1S/C13H20O5SSi/c1-5-17-13(12(14)18-20(2,3)4)19(15,16)11-9-7-6-8-10-11/h6-10,13H,5H2,1-4H3. The summed E-state index contributed by atoms with van der Waals surface area (Å²) in [5.74, 6) is -0.838. The van der Waals surface area contributed by atoms with Gasteiger partial charge < -0.3 is 9.16 Å². The normalized spacial score (nSPS) is 13.8. The minimum Gasteiger partial charge on any atom is -0.517 e. The largest absolute Gasteiger partial charge is 0.517 e. The average molecular weight is 316 g/mol. The van der Waals surface area contributed by atoms with Gasteiger partial charge in [-0.05, 0) is 38.7 Å². The van der Waals surface area contributed by atoms with Gasteiger partial charge in [-0.1, -0.05) is 18.2 Å². The summed E-state index contributed by atoms with van der Waals surface area (Å²) in [6.45, 7) is 7.17. The van der Waals surface area contributed by atoms with Crippen LogP contribution in [0.15, 0.2) is 35.2 Å². The van der Waals surface area contributed by atoms with Crippen molar-refractivity contribution in [3.05, 3.63) is 30.3 Å². The number of rotatable bonds is 6. The lowest BCUT2D eigenvalue weighted by Crippen LogP contribution is -2.40. The number of carbonyl (C=O) groups is 1. The van der Waals surface area contributed by atoms with Crippen LogP contribution in [-0.2, 0) is 23.8 Å². The summed E-state index contributed by atoms with van der Waals surface area (Å²) in [7, 11) is -6.10. The quantitative estimate of drug-likeness (QED) is 0.753. The van der Waals surface area contributed by atoms with Gasteiger partial charge in [0.1, 0.15) is 0 Å². The van der Waals surface area contributed by atoms with Gasteiger partial charge in [-0.25, -0.2) is 13.2 Å². The lowest BCUT2D eigenvalue weighted by Gasteiger charge is -2.22. The van der Waals surface area contributed by atoms with Crippen LogP contribution in [0.3, 0.4) is 0 Å². The Bertz CT molecular complexity index is 548. The fourth-order valence-corrected chi connectivity index (χ4v) is 3.72. The molecule has 0 saturated carbocycles. The van der Waals surface area contributed by atoms with Gasteiger partial charge in [-0.2, -0.15) is 0 Å². The molecule has 1 atom stereocenters. The Hall–Kier alpha value is -1.18. The lowest BCUT2D eigenvalue weighted by atomic mass is 10.4. The Morgan fingerprint density at radius 2 is 1.75 bits per heavy atom. The summed E-state index contributed by atoms with van der Waals surface area (Å²) in [4.78, 5) is 12.1. The predicted octanol–water partition coefficient (Wildman–Crippen LogP) is 2.20. The zero-order valence-corrected chi connectivity index (χ0v) is 13.9. The fraction of sp³-hybridized carbons (Fsp3) is 0.462. The number of ether oxygens (including phenoxy) is 1. The molecule has 1 aromatic carbocycles. The maximum absolute atomic E-state index is 12.4. The van der Waals surface area contributed by atoms with Crippen molar-refractivity contribution in [3.8, 4) is 0 Å². The van der Waals surface area contributed by atoms with E-state index >= 15 is 0 Å². The van der Waals surface area contributed by atoms with Crippen LogP contribution in [0.1, 0.15) is 6.92 Å². The molecule has 0 N–H and O–H groups in total. The molecule has 0 radical (unpaired) electrons. The first-order chi connectivity index (χ1) is 9.18. The highest BCUT2D eigenvalue weighted by Crippen LogP contribution is 2.19. The van der Waals surface area contributed by atoms with Gasteiger partial charge in [0.25, 0.3) is 5.44 Å². The highest BCUT2D eigenvalue weighted by atomic mass is 32.2. The van der Waals surface area contributed by atoms with Crippen LogP contribution in [-0.4, -0.2) is 34.7 Å². The summed E-state index contributed by atoms with van der Waals surface area (Å²) in [5, 5.41) is 0. The van der Waals surface area contributed by atoms with E-state index in [-0.39, 0.29) is 11.5 Å². The van der Waals surface area contributed by atoms with E-state index in [9.17, 15) is 13.2 Å². The van der Waals surface area contributed by atoms with E-state index in [1.54, 1.807) is 25.1 Å². The van der Waals surface area contributed by atoms with Gasteiger partial charge in [0.2, 0.25) is 18.2 Å². The third-order valence-corrected chi connectivity index (χ3v) is 4.91. The van der Waals surface area contributed by atoms with E-state index in [2.05, 4.69) is 0 Å². The number of hydrogen-bond acceptors (Lipinski definition) is 5. The molecule has 5 nitrogen and oxygen atoms in total. The van der Waals surface area contributed by atoms with Crippen LogP contribution in [0.25, 0.3) is 0 Å². The topological polar surface area (TPSA) is 69.7 Å². The number of hydrogen-bond donors (Lipinski definition) is 0. The SMILES string of the molecule is CCOC(C(=O)O[Si](C)(C)C)S(=O)(=O)c1ccccc1. The summed E-state index contributed by atoms with van der Waals surface area (Å²) < 4.78 is 35.3. The lowest BCUT2D eigenvalue weighted by molar-refractivity contribution is -0.142. The molecule has 0 amide bonds. The van der Waals surface area contributed by atoms with E-state index in [1.165, 1.54) is 12.1 Å². The molecule has 0 aliphatic rings. The Kier molecular flexibility index (Phi) is 5.49. The van der Waals surface area contributed by atoms with Crippen molar-refractivity contribution in [2.24, 2.45) is 0 Å². The second-order valence-electron chi connectivity index (χ2n) is 5.18. The highest BCUT2D eigenvalue weighted by molar-refractivity contribution is 7.92. The first-order valence-electron chi connectivity index (χ1n) is 6.32. The molecule has 0 saturated heterocycles. The highest BCUT2D eigenvalue weighted by Gasteiger charge is 2.38. The monoisotopic (exact) mass is 316 g/mol. The molecule has 1 unspecified atom stereocenters. The molecule has 7 heteroatoms. The Morgan fingerprint density at radius 3 is 2.20 bits per heavy atom. The third kappa shape index (κ3) is 4.43. The first-order valence-corrected chi connectivity index (χ1v) is 11.3. The second-order valence-corrected chi connectivity index (χ2v) is 11.6. The van der Waals surface area contributed by atoms with Crippen molar-refractivity contribution in [1.29, 1.82) is 0 Å². The summed E-state index contributed by atoms with van der Waals surface area (Å²) in [6.07, 6.45) is 0. The molecule has 112 valence electrons. The van der Waals surface area contributed by atoms with E-state index < -0.39 is 29.6 Å². The molecular formula is C13H20O5SSi. The Labute approximate surface area is 121 Å². The van der Waals surface area contributed by atoms with Gasteiger partial charge in [-0.15, -0.1) is 0 Å². The van der Waals surface area contributed by atoms with Crippen LogP contribution in [0, 0.1) is 0 Å². The van der Waals surface area contributed by atoms with Crippen molar-refractivity contribution >= 4 is 24.1 Å². The average Bonchev–Trinajstić information content (AvgIpc) is 2.34. The van der Waals surface area contributed by atoms with E-state index in [1.807, 2.05) is 19.6 Å². The third-order valence-electron chi connectivity index (χ3n) is 2.27. The molecule has 20 heavy (non-hydrogen) atoms. The maximum Gasteiger partial charge on any atom is 0.338 e. The van der Waals surface area contributed by atoms with Crippen LogP contribution in [0.2, 0.25) is 19.6 Å². The van der Waals surface area contributed by atoms with Gasteiger partial charge >= 0.3 is 5.97 Å². The van der Waals surface area contributed by atoms with Crippen molar-refractivity contribution in [2.45, 2.75) is 36.9 Å². The van der Waals surface area contributed by atoms with Crippen LogP contribution < -0.4 is 0 Å². The second kappa shape index (κ2) is 6.51. The van der Waals surface area contributed by atoms with E-state index in [4.69, 9.17) is 9.16 Å². The molecule has 0 fully saturated rings. The molecule has 1 aromatic rings. The smallest absolute Gasteiger partial charge is 0.338 e. The molecule has 0 aromatic heterocycles. The molecule has 0 aliphatic carbocycles. The fourth-order valence-electron chi connectivity index (χ4n) is 1.52. The van der Waals surface area contributed by atoms with Crippen molar-refractivity contribution < 1.29 is 22.4 Å². The van der Waals surface area contributed by atoms with Gasteiger partial charge in [0.15, 0.2) is 0 Å². The summed E-state index contributed by atoms with van der Waals surface area (Å²) in [6, 6.07) is 7.76. The van der Waals surface area contributed by atoms with Crippen molar-refractivity contribution in [3.63, 3.8) is 0 Å². The minimum atomic E-state index is -3.91. The molecule has 0 aliphatic heterocycles.